The highest BCUT2D eigenvalue weighted by atomic mass is 16.6. The number of esters is 1. The third-order valence-corrected chi connectivity index (χ3v) is 2.94. The van der Waals surface area contributed by atoms with E-state index in [9.17, 15) is 9.59 Å². The van der Waals surface area contributed by atoms with Crippen molar-refractivity contribution in [1.29, 1.82) is 0 Å². The van der Waals surface area contributed by atoms with E-state index in [4.69, 9.17) is 9.47 Å². The predicted molar refractivity (Wildman–Crippen MR) is 77.0 cm³/mol. The standard InChI is InChI=1S/C17H15O4/c18-13-21-16(11-14-7-3-1-4-8-14)17(19)20-12-15-9-5-2-6-10-15/h1-10,16H,11-12H2. The number of ether oxygens (including phenoxy) is 2. The Hall–Kier alpha value is -2.62. The van der Waals surface area contributed by atoms with Crippen LogP contribution in [0.2, 0.25) is 0 Å². The van der Waals surface area contributed by atoms with Crippen LogP contribution in [-0.4, -0.2) is 18.5 Å². The minimum absolute atomic E-state index is 0.146. The van der Waals surface area contributed by atoms with Crippen LogP contribution in [0, 0.1) is 0 Å². The van der Waals surface area contributed by atoms with Gasteiger partial charge in [0.1, 0.15) is 6.61 Å². The quantitative estimate of drug-likeness (QED) is 0.732. The van der Waals surface area contributed by atoms with E-state index >= 15 is 0 Å². The largest absolute Gasteiger partial charge is 0.458 e. The van der Waals surface area contributed by atoms with Gasteiger partial charge in [0.25, 0.3) is 0 Å². The Bertz CT molecular complexity index is 566. The molecule has 0 N–H and O–H groups in total. The van der Waals surface area contributed by atoms with Gasteiger partial charge in [-0.1, -0.05) is 60.7 Å². The third-order valence-electron chi connectivity index (χ3n) is 2.94. The molecule has 4 heteroatoms. The molecule has 0 aliphatic rings. The summed E-state index contributed by atoms with van der Waals surface area (Å²) in [5.74, 6) is -0.578. The Morgan fingerprint density at radius 3 is 2.10 bits per heavy atom. The van der Waals surface area contributed by atoms with Crippen LogP contribution in [0.4, 0.5) is 0 Å². The number of rotatable bonds is 7. The minimum Gasteiger partial charge on any atom is -0.458 e. The zero-order valence-electron chi connectivity index (χ0n) is 11.4. The molecule has 1 unspecified atom stereocenters. The van der Waals surface area contributed by atoms with Gasteiger partial charge in [-0.05, 0) is 11.1 Å². The number of carbonyl (C=O) groups is 1. The monoisotopic (exact) mass is 283 g/mol. The van der Waals surface area contributed by atoms with E-state index in [0.717, 1.165) is 11.1 Å². The maximum Gasteiger partial charge on any atom is 0.418 e. The van der Waals surface area contributed by atoms with E-state index < -0.39 is 12.1 Å². The van der Waals surface area contributed by atoms with E-state index in [0.29, 0.717) is 0 Å². The summed E-state index contributed by atoms with van der Waals surface area (Å²) < 4.78 is 9.89. The molecule has 1 radical (unpaired) electrons. The van der Waals surface area contributed by atoms with Crippen LogP contribution in [0.5, 0.6) is 0 Å². The van der Waals surface area contributed by atoms with E-state index in [1.807, 2.05) is 60.7 Å². The average Bonchev–Trinajstić information content (AvgIpc) is 2.54. The molecule has 1 atom stereocenters. The molecular weight excluding hydrogens is 268 g/mol. The van der Waals surface area contributed by atoms with Crippen molar-refractivity contribution in [3.8, 4) is 0 Å². The van der Waals surface area contributed by atoms with E-state index in [2.05, 4.69) is 0 Å². The minimum atomic E-state index is -0.978. The van der Waals surface area contributed by atoms with Crippen LogP contribution < -0.4 is 0 Å². The summed E-state index contributed by atoms with van der Waals surface area (Å²) in [6.45, 7) is 1.46. The summed E-state index contributed by atoms with van der Waals surface area (Å²) in [7, 11) is 0. The molecule has 107 valence electrons. The van der Waals surface area contributed by atoms with Gasteiger partial charge in [-0.3, -0.25) is 0 Å². The fourth-order valence-electron chi connectivity index (χ4n) is 1.88. The van der Waals surface area contributed by atoms with Crippen LogP contribution in [0.1, 0.15) is 11.1 Å². The Kier molecular flexibility index (Phi) is 5.52. The number of hydrogen-bond donors (Lipinski definition) is 0. The average molecular weight is 283 g/mol. The summed E-state index contributed by atoms with van der Waals surface area (Å²) >= 11 is 0. The normalized spacial score (nSPS) is 11.4. The number of benzene rings is 2. The molecule has 0 spiro atoms. The molecule has 0 saturated heterocycles. The van der Waals surface area contributed by atoms with Crippen LogP contribution in [0.3, 0.4) is 0 Å². The highest BCUT2D eigenvalue weighted by Crippen LogP contribution is 2.09. The molecule has 0 aromatic heterocycles. The predicted octanol–water partition coefficient (Wildman–Crippen LogP) is 2.42. The van der Waals surface area contributed by atoms with Crippen LogP contribution >= 0.6 is 0 Å². The van der Waals surface area contributed by atoms with Crippen LogP contribution in [0.25, 0.3) is 0 Å². The molecule has 2 aromatic rings. The molecule has 21 heavy (non-hydrogen) atoms. The summed E-state index contributed by atoms with van der Waals surface area (Å²) in [5.41, 5.74) is 1.76. The third kappa shape index (κ3) is 4.76. The molecule has 0 amide bonds. The molecule has 0 fully saturated rings. The maximum absolute atomic E-state index is 12.0. The van der Waals surface area contributed by atoms with Crippen LogP contribution in [-0.2, 0) is 32.1 Å². The second-order valence-corrected chi connectivity index (χ2v) is 4.47. The van der Waals surface area contributed by atoms with Gasteiger partial charge in [-0.25, -0.2) is 9.59 Å². The highest BCUT2D eigenvalue weighted by Gasteiger charge is 2.22. The van der Waals surface area contributed by atoms with Gasteiger partial charge in [0.2, 0.25) is 6.10 Å². The second-order valence-electron chi connectivity index (χ2n) is 4.47. The van der Waals surface area contributed by atoms with Gasteiger partial charge < -0.3 is 9.47 Å². The first-order valence-electron chi connectivity index (χ1n) is 6.57. The lowest BCUT2D eigenvalue weighted by atomic mass is 10.1. The molecule has 0 saturated carbocycles. The molecule has 2 rings (SSSR count). The van der Waals surface area contributed by atoms with E-state index in [-0.39, 0.29) is 13.0 Å². The summed E-state index contributed by atoms with van der Waals surface area (Å²) in [6, 6.07) is 18.6. The SMILES string of the molecule is O=[C]OC(Cc1ccccc1)C(=O)OCc1ccccc1. The first-order chi connectivity index (χ1) is 10.3. The van der Waals surface area contributed by atoms with Gasteiger partial charge in [-0.2, -0.15) is 0 Å². The fourth-order valence-corrected chi connectivity index (χ4v) is 1.88. The first kappa shape index (κ1) is 14.8. The Morgan fingerprint density at radius 1 is 0.952 bits per heavy atom. The van der Waals surface area contributed by atoms with Crippen LogP contribution in [0.15, 0.2) is 60.7 Å². The zero-order chi connectivity index (χ0) is 14.9. The van der Waals surface area contributed by atoms with Crippen molar-refractivity contribution in [2.75, 3.05) is 0 Å². The second kappa shape index (κ2) is 7.85. The van der Waals surface area contributed by atoms with Crippen molar-refractivity contribution in [2.45, 2.75) is 19.1 Å². The molecule has 0 aliphatic heterocycles. The topological polar surface area (TPSA) is 52.6 Å². The molecule has 0 aliphatic carbocycles. The number of carbonyl (C=O) groups excluding carboxylic acids is 2. The number of hydrogen-bond acceptors (Lipinski definition) is 4. The summed E-state index contributed by atoms with van der Waals surface area (Å²) in [4.78, 5) is 22.4. The Labute approximate surface area is 123 Å². The lowest BCUT2D eigenvalue weighted by Gasteiger charge is -2.14. The molecular formula is C17H15O4. The van der Waals surface area contributed by atoms with Gasteiger partial charge in [0.05, 0.1) is 0 Å². The van der Waals surface area contributed by atoms with Crippen molar-refractivity contribution in [1.82, 2.24) is 0 Å². The first-order valence-corrected chi connectivity index (χ1v) is 6.57. The summed E-state index contributed by atoms with van der Waals surface area (Å²) in [5, 5.41) is 0. The lowest BCUT2D eigenvalue weighted by Crippen LogP contribution is -2.28. The molecule has 4 nitrogen and oxygen atoms in total. The smallest absolute Gasteiger partial charge is 0.418 e. The van der Waals surface area contributed by atoms with E-state index in [1.165, 1.54) is 6.47 Å². The van der Waals surface area contributed by atoms with Gasteiger partial charge >= 0.3 is 12.4 Å². The van der Waals surface area contributed by atoms with Gasteiger partial charge in [-0.15, -0.1) is 0 Å². The Balaban J connectivity index is 1.94. The highest BCUT2D eigenvalue weighted by molar-refractivity contribution is 5.76. The van der Waals surface area contributed by atoms with Crippen molar-refractivity contribution in [3.63, 3.8) is 0 Å². The molecule has 2 aromatic carbocycles. The molecule has 0 heterocycles. The van der Waals surface area contributed by atoms with Gasteiger partial charge in [0, 0.05) is 6.42 Å². The molecule has 0 bridgehead atoms. The van der Waals surface area contributed by atoms with Crippen molar-refractivity contribution >= 4 is 12.4 Å². The van der Waals surface area contributed by atoms with Crippen molar-refractivity contribution < 1.29 is 19.1 Å². The van der Waals surface area contributed by atoms with Crippen molar-refractivity contribution in [3.05, 3.63) is 71.8 Å². The van der Waals surface area contributed by atoms with E-state index in [1.54, 1.807) is 0 Å². The zero-order valence-corrected chi connectivity index (χ0v) is 11.4. The summed E-state index contributed by atoms with van der Waals surface area (Å²) in [6.07, 6.45) is -0.711. The van der Waals surface area contributed by atoms with Gasteiger partial charge in [0.15, 0.2) is 0 Å². The fraction of sp³-hybridized carbons (Fsp3) is 0.176. The van der Waals surface area contributed by atoms with Crippen molar-refractivity contribution in [2.24, 2.45) is 0 Å². The maximum atomic E-state index is 12.0. The Morgan fingerprint density at radius 2 is 1.52 bits per heavy atom. The lowest BCUT2D eigenvalue weighted by molar-refractivity contribution is -0.154.